The number of aliphatic hydroxyl groups is 2. The fourth-order valence-electron chi connectivity index (χ4n) is 10.9. The second kappa shape index (κ2) is 19.2. The molecule has 0 aromatic heterocycles. The van der Waals surface area contributed by atoms with Crippen LogP contribution in [-0.4, -0.2) is 114 Å². The van der Waals surface area contributed by atoms with E-state index < -0.39 is 120 Å². The Morgan fingerprint density at radius 2 is 1.33 bits per heavy atom. The van der Waals surface area contributed by atoms with Crippen molar-refractivity contribution in [1.29, 1.82) is 0 Å². The smallest absolute Gasteiger partial charge is 0.504 e. The van der Waals surface area contributed by atoms with E-state index in [0.717, 1.165) is 0 Å². The van der Waals surface area contributed by atoms with Gasteiger partial charge in [0.05, 0.1) is 42.2 Å². The average Bonchev–Trinajstić information content (AvgIpc) is 3.87. The first kappa shape index (κ1) is 50.0. The molecule has 6 saturated heterocycles. The molecule has 1 aromatic rings. The maximum atomic E-state index is 15.1. The van der Waals surface area contributed by atoms with Gasteiger partial charge in [0, 0.05) is 35.5 Å². The minimum atomic E-state index is -3.53. The molecule has 7 aliphatic heterocycles. The quantitative estimate of drug-likeness (QED) is 0.195. The van der Waals surface area contributed by atoms with Crippen LogP contribution in [0, 0.1) is 22.7 Å². The number of hydrogen-bond donors (Lipinski definition) is 2. The maximum Gasteiger partial charge on any atom is 1.00 e. The average molecular weight is 907 g/mol. The van der Waals surface area contributed by atoms with Crippen molar-refractivity contribution in [3.05, 3.63) is 48.0 Å². The Kier molecular flexibility index (Phi) is 15.0. The zero-order valence-corrected chi connectivity index (χ0v) is 41.1. The summed E-state index contributed by atoms with van der Waals surface area (Å²) in [5, 5.41) is 23.6. The van der Waals surface area contributed by atoms with E-state index in [1.165, 1.54) is 0 Å². The van der Waals surface area contributed by atoms with Crippen molar-refractivity contribution < 1.29 is 101 Å². The maximum absolute atomic E-state index is 15.1. The van der Waals surface area contributed by atoms with E-state index >= 15 is 4.79 Å². The van der Waals surface area contributed by atoms with Gasteiger partial charge in [0.1, 0.15) is 18.3 Å². The van der Waals surface area contributed by atoms with Gasteiger partial charge in [0.25, 0.3) is 0 Å². The van der Waals surface area contributed by atoms with Crippen molar-refractivity contribution in [2.24, 2.45) is 22.7 Å². The number of rotatable bonds is 3. The number of aliphatic hydroxyl groups excluding tert-OH is 2. The fraction of sp³-hybridized carbons (Fsp3) is 0.766. The van der Waals surface area contributed by atoms with Crippen LogP contribution >= 0.6 is 0 Å². The molecule has 3 spiro atoms. The van der Waals surface area contributed by atoms with Crippen LogP contribution in [0.5, 0.6) is 0 Å². The van der Waals surface area contributed by atoms with Gasteiger partial charge in [0.2, 0.25) is 0 Å². The first-order valence-electron chi connectivity index (χ1n) is 23.4. The van der Waals surface area contributed by atoms with Gasteiger partial charge in [-0.3, -0.25) is 0 Å². The number of hydrogen-bond acceptors (Lipinski definition) is 15. The van der Waals surface area contributed by atoms with E-state index in [4.69, 9.17) is 47.0 Å². The molecule has 64 heavy (non-hydrogen) atoms. The van der Waals surface area contributed by atoms with Crippen molar-refractivity contribution in [1.82, 2.24) is 0 Å². The van der Waals surface area contributed by atoms with Gasteiger partial charge < -0.3 is 57.3 Å². The molecule has 8 rings (SSSR count). The van der Waals surface area contributed by atoms with Gasteiger partial charge in [0.15, 0.2) is 23.8 Å². The molecule has 16 atom stereocenters. The van der Waals surface area contributed by atoms with Crippen LogP contribution in [0.4, 0.5) is 0 Å². The Bertz CT molecular complexity index is 1870. The Balaban J connectivity index is 0.00000612. The number of carbonyl (C=O) groups is 3. The van der Waals surface area contributed by atoms with Crippen LogP contribution in [0.1, 0.15) is 136 Å². The van der Waals surface area contributed by atoms with Crippen LogP contribution in [0.25, 0.3) is 0 Å². The van der Waals surface area contributed by atoms with E-state index in [1.807, 2.05) is 60.6 Å². The first-order chi connectivity index (χ1) is 29.8. The van der Waals surface area contributed by atoms with Gasteiger partial charge in [-0.2, -0.15) is 0 Å². The zero-order chi connectivity index (χ0) is 45.1. The molecule has 0 aliphatic carbocycles. The topological polar surface area (TPSA) is 184 Å². The molecule has 7 heterocycles. The monoisotopic (exact) mass is 906 g/mol. The van der Waals surface area contributed by atoms with Crippen molar-refractivity contribution in [3.63, 3.8) is 0 Å². The number of fused-ring (bicyclic) bond motifs is 6. The van der Waals surface area contributed by atoms with Crippen LogP contribution in [0.2, 0.25) is 0 Å². The third kappa shape index (κ3) is 9.31. The molecular formula is C47H68BNaO15. The van der Waals surface area contributed by atoms with E-state index in [-0.39, 0.29) is 42.1 Å². The Morgan fingerprint density at radius 1 is 0.766 bits per heavy atom. The summed E-state index contributed by atoms with van der Waals surface area (Å²) >= 11 is 0. The van der Waals surface area contributed by atoms with Crippen LogP contribution in [0.3, 0.4) is 0 Å². The number of cyclic esters (lactones) is 1. The largest absolute Gasteiger partial charge is 1.00 e. The van der Waals surface area contributed by atoms with Crippen molar-refractivity contribution in [2.75, 3.05) is 0 Å². The Labute approximate surface area is 399 Å². The number of allylic oxidation sites excluding steroid dienone is 1. The summed E-state index contributed by atoms with van der Waals surface area (Å²) in [4.78, 5) is 43.2. The summed E-state index contributed by atoms with van der Waals surface area (Å²) in [5.74, 6) is -7.03. The minimum absolute atomic E-state index is 0. The predicted octanol–water partition coefficient (Wildman–Crippen LogP) is 3.22. The van der Waals surface area contributed by atoms with Gasteiger partial charge in [-0.05, 0) is 83.8 Å². The molecule has 15 nitrogen and oxygen atoms in total. The van der Waals surface area contributed by atoms with Crippen LogP contribution < -0.4 is 29.6 Å². The molecule has 2 N–H and O–H groups in total. The van der Waals surface area contributed by atoms with E-state index in [9.17, 15) is 19.8 Å². The summed E-state index contributed by atoms with van der Waals surface area (Å²) in [6.07, 6.45) is -0.238. The molecule has 350 valence electrons. The molecule has 17 heteroatoms. The first-order valence-corrected chi connectivity index (χ1v) is 23.4. The van der Waals surface area contributed by atoms with Crippen molar-refractivity contribution in [2.45, 2.75) is 205 Å². The summed E-state index contributed by atoms with van der Waals surface area (Å²) < 4.78 is 66.2. The predicted molar refractivity (Wildman–Crippen MR) is 226 cm³/mol. The number of carbonyl (C=O) groups excluding carboxylic acids is 3. The molecule has 0 radical (unpaired) electrons. The molecule has 0 saturated carbocycles. The molecule has 0 amide bonds. The number of esters is 3. The third-order valence-corrected chi connectivity index (χ3v) is 15.5. The molecule has 9 bridgehead atoms. The summed E-state index contributed by atoms with van der Waals surface area (Å²) in [6.45, 7) is 11.5. The van der Waals surface area contributed by atoms with Crippen LogP contribution in [-0.2, 0) is 56.6 Å². The Morgan fingerprint density at radius 3 is 1.92 bits per heavy atom. The molecule has 7 aliphatic rings. The standard InChI is InChI=1S/C47H68BO15.Na/c1-27-23-25-38-45(7,8)36(50)21-15-18-32-26-34(30(4)54-32)57-43(53)40-47-28(2)22-24-37(58-47)44(5,6)35(49)20-14-10-13-19-33(29(3)55-41(51)31-16-11-9-12-17-31)56-42(52)39-46(27,59-38)62-48(60-39,61-40)63-47;/h9-13,16-17,27-30,32-40,49-50H,14-15,18-26H2,1-8H3;/q-1;+1/b13-10-;/t27-,28-,29-,30-,32-,33+,34+,35+,36-,37+,38+,39+,40+,46+,47+,48?;/m1./s1. The number of ether oxygens (including phenoxy) is 6. The van der Waals surface area contributed by atoms with Gasteiger partial charge in [-0.1, -0.05) is 71.9 Å². The van der Waals surface area contributed by atoms with Gasteiger partial charge in [-0.25, -0.2) is 14.4 Å². The normalized spacial score (nSPS) is 44.3. The molecule has 1 aromatic carbocycles. The van der Waals surface area contributed by atoms with Gasteiger partial charge in [-0.15, -0.1) is 0 Å². The zero-order valence-electron chi connectivity index (χ0n) is 39.1. The van der Waals surface area contributed by atoms with E-state index in [2.05, 4.69) is 0 Å². The second-order valence-corrected chi connectivity index (χ2v) is 20.5. The van der Waals surface area contributed by atoms with Crippen molar-refractivity contribution >= 4 is 24.9 Å². The second-order valence-electron chi connectivity index (χ2n) is 20.5. The summed E-state index contributed by atoms with van der Waals surface area (Å²) in [7, 11) is 0. The molecule has 1 unspecified atom stereocenters. The van der Waals surface area contributed by atoms with Gasteiger partial charge >= 0.3 is 54.4 Å². The molecular weight excluding hydrogens is 838 g/mol. The third-order valence-electron chi connectivity index (χ3n) is 15.5. The van der Waals surface area contributed by atoms with E-state index in [1.54, 1.807) is 37.3 Å². The Hall–Kier alpha value is -1.93. The summed E-state index contributed by atoms with van der Waals surface area (Å²) in [6, 6.07) is 8.54. The molecule has 6 fully saturated rings. The van der Waals surface area contributed by atoms with Crippen LogP contribution in [0.15, 0.2) is 42.5 Å². The summed E-state index contributed by atoms with van der Waals surface area (Å²) in [5.41, 5.74) is -1.34. The number of benzene rings is 1. The van der Waals surface area contributed by atoms with E-state index in [0.29, 0.717) is 69.8 Å². The van der Waals surface area contributed by atoms with Crippen molar-refractivity contribution in [3.8, 4) is 0 Å². The SMILES string of the molecule is C[C@@H]1CC[C@@H]2O[C@]13O[B-]14O[C@H]3C(=O)O[C@H]([C@@H](C)OC(=O)c3ccccc3)C/C=C\CC[C@H](O)C(C)(C)[C@@H]3CC[C@@H](C)[C@](O3)(O1)[C@@H](O4)C(=O)O[C@H]1C[C@@H](CCC[C@@H](O)C2(C)C)O[C@@H]1C.[Na+]. The fourth-order valence-corrected chi connectivity index (χ4v) is 10.9. The minimum Gasteiger partial charge on any atom is -0.504 e.